The topological polar surface area (TPSA) is 112 Å². The molecule has 1 aliphatic heterocycles. The molecule has 0 unspecified atom stereocenters. The average molecular weight is 376 g/mol. The van der Waals surface area contributed by atoms with Gasteiger partial charge in [0, 0.05) is 18.0 Å². The third-order valence-corrected chi connectivity index (χ3v) is 4.47. The van der Waals surface area contributed by atoms with Crippen molar-refractivity contribution in [3.8, 4) is 0 Å². The lowest BCUT2D eigenvalue weighted by molar-refractivity contribution is -0.136. The van der Waals surface area contributed by atoms with Crippen molar-refractivity contribution in [1.82, 2.24) is 25.2 Å². The minimum absolute atomic E-state index is 0.00391. The summed E-state index contributed by atoms with van der Waals surface area (Å²) in [5.41, 5.74) is 2.31. The SMILES string of the molecule is COC(=O)C1=C(C(=O)c2ccc(C)cc2)[C@@H](c2cccnc2)n2nnnc2N1. The standard InChI is InChI=1S/C19H16N6O3/c1-11-5-7-12(8-6-11)17(26)14-15(18(27)28-2)21-19-22-23-24-25(19)16(14)13-4-3-9-20-10-13/h3-10,16H,1-2H3,(H,21,22,24)/t16-/m1/s1. The summed E-state index contributed by atoms with van der Waals surface area (Å²) in [7, 11) is 1.25. The molecule has 0 fully saturated rings. The van der Waals surface area contributed by atoms with Crippen LogP contribution in [0.25, 0.3) is 0 Å². The molecule has 28 heavy (non-hydrogen) atoms. The molecular weight excluding hydrogens is 360 g/mol. The van der Waals surface area contributed by atoms with Gasteiger partial charge in [-0.3, -0.25) is 9.78 Å². The molecule has 0 saturated heterocycles. The quantitative estimate of drug-likeness (QED) is 0.541. The summed E-state index contributed by atoms with van der Waals surface area (Å²) in [6.07, 6.45) is 3.23. The van der Waals surface area contributed by atoms with E-state index in [1.54, 1.807) is 36.7 Å². The predicted molar refractivity (Wildman–Crippen MR) is 98.4 cm³/mol. The number of hydrogen-bond acceptors (Lipinski definition) is 8. The van der Waals surface area contributed by atoms with Gasteiger partial charge < -0.3 is 10.1 Å². The van der Waals surface area contributed by atoms with Crippen molar-refractivity contribution in [2.45, 2.75) is 13.0 Å². The van der Waals surface area contributed by atoms with Crippen molar-refractivity contribution in [2.24, 2.45) is 0 Å². The molecule has 0 bridgehead atoms. The van der Waals surface area contributed by atoms with Crippen molar-refractivity contribution in [3.05, 3.63) is 76.8 Å². The Balaban J connectivity index is 1.94. The number of aryl methyl sites for hydroxylation is 1. The maximum Gasteiger partial charge on any atom is 0.355 e. The highest BCUT2D eigenvalue weighted by Gasteiger charge is 2.38. The fraction of sp³-hybridized carbons (Fsp3) is 0.158. The number of methoxy groups -OCH3 is 1. The number of fused-ring (bicyclic) bond motifs is 1. The van der Waals surface area contributed by atoms with Crippen molar-refractivity contribution in [3.63, 3.8) is 0 Å². The molecule has 2 aromatic heterocycles. The van der Waals surface area contributed by atoms with Gasteiger partial charge in [0.05, 0.1) is 12.7 Å². The summed E-state index contributed by atoms with van der Waals surface area (Å²) < 4.78 is 6.35. The molecule has 1 aliphatic rings. The van der Waals surface area contributed by atoms with Gasteiger partial charge >= 0.3 is 5.97 Å². The number of benzene rings is 1. The Morgan fingerprint density at radius 1 is 1.18 bits per heavy atom. The van der Waals surface area contributed by atoms with Crippen LogP contribution >= 0.6 is 0 Å². The van der Waals surface area contributed by atoms with Gasteiger partial charge in [-0.25, -0.2) is 4.79 Å². The maximum absolute atomic E-state index is 13.4. The molecule has 3 heterocycles. The molecule has 1 aromatic carbocycles. The molecule has 140 valence electrons. The van der Waals surface area contributed by atoms with E-state index in [9.17, 15) is 9.59 Å². The first-order chi connectivity index (χ1) is 13.6. The van der Waals surface area contributed by atoms with Gasteiger partial charge in [0.1, 0.15) is 11.7 Å². The number of carbonyl (C=O) groups excluding carboxylic acids is 2. The third kappa shape index (κ3) is 2.92. The number of pyridine rings is 1. The summed E-state index contributed by atoms with van der Waals surface area (Å²) in [4.78, 5) is 30.1. The predicted octanol–water partition coefficient (Wildman–Crippen LogP) is 1.70. The monoisotopic (exact) mass is 376 g/mol. The Hall–Kier alpha value is -3.88. The van der Waals surface area contributed by atoms with Gasteiger partial charge in [-0.1, -0.05) is 41.0 Å². The summed E-state index contributed by atoms with van der Waals surface area (Å²) in [6, 6.07) is 9.92. The molecule has 0 radical (unpaired) electrons. The highest BCUT2D eigenvalue weighted by atomic mass is 16.5. The van der Waals surface area contributed by atoms with E-state index >= 15 is 0 Å². The number of anilines is 1. The summed E-state index contributed by atoms with van der Waals surface area (Å²) in [5.74, 6) is -0.781. The number of esters is 1. The van der Waals surface area contributed by atoms with E-state index in [1.807, 2.05) is 19.1 Å². The Bertz CT molecular complexity index is 1070. The largest absolute Gasteiger partial charge is 0.464 e. The summed E-state index contributed by atoms with van der Waals surface area (Å²) >= 11 is 0. The molecular formula is C19H16N6O3. The first-order valence-corrected chi connectivity index (χ1v) is 8.49. The Morgan fingerprint density at radius 2 is 1.96 bits per heavy atom. The number of nitrogens with one attached hydrogen (secondary N) is 1. The minimum atomic E-state index is -0.733. The van der Waals surface area contributed by atoms with E-state index in [1.165, 1.54) is 11.8 Å². The van der Waals surface area contributed by atoms with Gasteiger partial charge in [0.25, 0.3) is 0 Å². The Labute approximate surface area is 160 Å². The molecule has 0 aliphatic carbocycles. The first kappa shape index (κ1) is 17.5. The Kier molecular flexibility index (Phi) is 4.40. The molecule has 0 amide bonds. The molecule has 0 saturated carbocycles. The number of allylic oxidation sites excluding steroid dienone is 1. The number of carbonyl (C=O) groups is 2. The number of nitrogens with zero attached hydrogens (tertiary/aromatic N) is 5. The minimum Gasteiger partial charge on any atom is -0.464 e. The molecule has 1 N–H and O–H groups in total. The zero-order valence-electron chi connectivity index (χ0n) is 15.2. The maximum atomic E-state index is 13.4. The molecule has 4 rings (SSSR count). The fourth-order valence-corrected chi connectivity index (χ4v) is 3.09. The fourth-order valence-electron chi connectivity index (χ4n) is 3.09. The van der Waals surface area contributed by atoms with Gasteiger partial charge in [0.2, 0.25) is 5.95 Å². The lowest BCUT2D eigenvalue weighted by Gasteiger charge is -2.27. The van der Waals surface area contributed by atoms with Gasteiger partial charge in [-0.15, -0.1) is 0 Å². The van der Waals surface area contributed by atoms with Crippen molar-refractivity contribution < 1.29 is 14.3 Å². The van der Waals surface area contributed by atoms with Gasteiger partial charge in [-0.2, -0.15) is 4.68 Å². The number of hydrogen-bond donors (Lipinski definition) is 1. The second kappa shape index (κ2) is 7.03. The van der Waals surface area contributed by atoms with Gasteiger partial charge in [0.15, 0.2) is 5.78 Å². The molecule has 0 spiro atoms. The van der Waals surface area contributed by atoms with E-state index in [2.05, 4.69) is 25.8 Å². The zero-order chi connectivity index (χ0) is 19.7. The van der Waals surface area contributed by atoms with Crippen LogP contribution in [0.4, 0.5) is 5.95 Å². The van der Waals surface area contributed by atoms with Crippen LogP contribution in [0.15, 0.2) is 60.1 Å². The van der Waals surface area contributed by atoms with Crippen LogP contribution in [0, 0.1) is 6.92 Å². The smallest absolute Gasteiger partial charge is 0.355 e. The summed E-state index contributed by atoms with van der Waals surface area (Å²) in [5, 5.41) is 14.4. The van der Waals surface area contributed by atoms with Crippen molar-refractivity contribution >= 4 is 17.7 Å². The lowest BCUT2D eigenvalue weighted by Crippen LogP contribution is -2.33. The number of Topliss-reactive ketones (excluding diaryl/α,β-unsaturated/α-hetero) is 1. The number of tetrazole rings is 1. The van der Waals surface area contributed by atoms with E-state index in [4.69, 9.17) is 4.74 Å². The number of ketones is 1. The highest BCUT2D eigenvalue weighted by molar-refractivity contribution is 6.14. The molecule has 3 aromatic rings. The highest BCUT2D eigenvalue weighted by Crippen LogP contribution is 2.36. The van der Waals surface area contributed by atoms with E-state index in [0.29, 0.717) is 11.1 Å². The third-order valence-electron chi connectivity index (χ3n) is 4.47. The molecule has 9 nitrogen and oxygen atoms in total. The van der Waals surface area contributed by atoms with E-state index in [0.717, 1.165) is 5.56 Å². The lowest BCUT2D eigenvalue weighted by atomic mass is 9.90. The van der Waals surface area contributed by atoms with Crippen molar-refractivity contribution in [1.29, 1.82) is 0 Å². The van der Waals surface area contributed by atoms with Crippen LogP contribution in [0.5, 0.6) is 0 Å². The van der Waals surface area contributed by atoms with Crippen molar-refractivity contribution in [2.75, 3.05) is 12.4 Å². The average Bonchev–Trinajstić information content (AvgIpc) is 3.21. The normalized spacial score (nSPS) is 15.6. The number of ether oxygens (including phenoxy) is 1. The molecule has 1 atom stereocenters. The zero-order valence-corrected chi connectivity index (χ0v) is 15.2. The number of rotatable bonds is 4. The summed E-state index contributed by atoms with van der Waals surface area (Å²) in [6.45, 7) is 1.93. The number of aromatic nitrogens is 5. The first-order valence-electron chi connectivity index (χ1n) is 8.49. The van der Waals surface area contributed by atoms with Crippen LogP contribution in [0.3, 0.4) is 0 Å². The second-order valence-electron chi connectivity index (χ2n) is 6.24. The van der Waals surface area contributed by atoms with Crippen LogP contribution in [0.2, 0.25) is 0 Å². The van der Waals surface area contributed by atoms with Crippen LogP contribution in [-0.2, 0) is 9.53 Å². The van der Waals surface area contributed by atoms with Gasteiger partial charge in [-0.05, 0) is 29.0 Å². The van der Waals surface area contributed by atoms with E-state index < -0.39 is 12.0 Å². The Morgan fingerprint density at radius 3 is 2.64 bits per heavy atom. The van der Waals surface area contributed by atoms with Crippen LogP contribution in [0.1, 0.15) is 27.5 Å². The van der Waals surface area contributed by atoms with E-state index in [-0.39, 0.29) is 23.0 Å². The van der Waals surface area contributed by atoms with Crippen LogP contribution in [-0.4, -0.2) is 44.1 Å². The van der Waals surface area contributed by atoms with Crippen LogP contribution < -0.4 is 5.32 Å². The second-order valence-corrected chi connectivity index (χ2v) is 6.24. The molecule has 9 heteroatoms.